The zero-order valence-electron chi connectivity index (χ0n) is 20.0. The first kappa shape index (κ1) is 24.4. The van der Waals surface area contributed by atoms with Crippen LogP contribution in [0.3, 0.4) is 0 Å². The molecule has 0 radical (unpaired) electrons. The number of likely N-dealkylation sites (tertiary alicyclic amines) is 1. The number of pyridine rings is 1. The van der Waals surface area contributed by atoms with Gasteiger partial charge in [-0.05, 0) is 38.3 Å². The van der Waals surface area contributed by atoms with Gasteiger partial charge < -0.3 is 10.6 Å². The second-order valence-corrected chi connectivity index (χ2v) is 9.94. The van der Waals surface area contributed by atoms with E-state index >= 15 is 0 Å². The van der Waals surface area contributed by atoms with E-state index in [4.69, 9.17) is 0 Å². The number of carbonyl (C=O) groups is 2. The largest absolute Gasteiger partial charge is 0.401 e. The van der Waals surface area contributed by atoms with Crippen molar-refractivity contribution in [1.82, 2.24) is 24.8 Å². The van der Waals surface area contributed by atoms with Crippen molar-refractivity contribution in [1.29, 1.82) is 0 Å². The Labute approximate surface area is 205 Å². The minimum atomic E-state index is -4.32. The van der Waals surface area contributed by atoms with Crippen LogP contribution in [0.4, 0.5) is 24.7 Å². The Morgan fingerprint density at radius 2 is 1.89 bits per heavy atom. The van der Waals surface area contributed by atoms with Crippen molar-refractivity contribution in [3.05, 3.63) is 45.3 Å². The molecule has 0 aromatic carbocycles. The first-order chi connectivity index (χ1) is 17.0. The second kappa shape index (κ2) is 8.68. The lowest BCUT2D eigenvalue weighted by Crippen LogP contribution is -2.55. The molecule has 4 heterocycles. The van der Waals surface area contributed by atoms with E-state index in [0.29, 0.717) is 22.6 Å². The predicted molar refractivity (Wildman–Crippen MR) is 124 cm³/mol. The minimum Gasteiger partial charge on any atom is -0.335 e. The van der Waals surface area contributed by atoms with Crippen LogP contribution >= 0.6 is 0 Å². The third-order valence-corrected chi connectivity index (χ3v) is 7.28. The summed E-state index contributed by atoms with van der Waals surface area (Å²) in [4.78, 5) is 48.5. The van der Waals surface area contributed by atoms with E-state index in [1.807, 2.05) is 0 Å². The summed E-state index contributed by atoms with van der Waals surface area (Å²) < 4.78 is 40.0. The number of ketones is 1. The highest BCUT2D eigenvalue weighted by Crippen LogP contribution is 2.35. The number of amides is 1. The molecule has 12 heteroatoms. The molecule has 2 fully saturated rings. The number of Topliss-reactive ketones (excluding diaryl/α,β-unsaturated/α-hetero) is 1. The molecule has 5 rings (SSSR count). The Morgan fingerprint density at radius 3 is 2.53 bits per heavy atom. The van der Waals surface area contributed by atoms with Gasteiger partial charge in [0, 0.05) is 43.8 Å². The number of nitrogens with zero attached hydrogens (tertiary/aromatic N) is 4. The molecule has 1 spiro atoms. The fourth-order valence-corrected chi connectivity index (χ4v) is 5.17. The highest BCUT2D eigenvalue weighted by atomic mass is 19.4. The van der Waals surface area contributed by atoms with Gasteiger partial charge in [0.25, 0.3) is 11.5 Å². The van der Waals surface area contributed by atoms with E-state index in [1.54, 1.807) is 19.9 Å². The number of carbonyl (C=O) groups excluding carboxylic acids is 2. The number of alkyl halides is 3. The van der Waals surface area contributed by atoms with E-state index in [1.165, 1.54) is 15.8 Å². The van der Waals surface area contributed by atoms with Crippen molar-refractivity contribution in [2.24, 2.45) is 5.92 Å². The van der Waals surface area contributed by atoms with Crippen LogP contribution in [0.25, 0.3) is 0 Å². The van der Waals surface area contributed by atoms with Gasteiger partial charge >= 0.3 is 6.18 Å². The third-order valence-electron chi connectivity index (χ3n) is 7.28. The topological polar surface area (TPSA) is 109 Å². The fourth-order valence-electron chi connectivity index (χ4n) is 5.17. The summed E-state index contributed by atoms with van der Waals surface area (Å²) in [7, 11) is 0. The minimum absolute atomic E-state index is 0.0891. The van der Waals surface area contributed by atoms with Gasteiger partial charge in [-0.1, -0.05) is 0 Å². The molecule has 1 saturated carbocycles. The SMILES string of the molecule is Cc1cc(Nc2ncnc(CC(=O)C3CC3)c2C)c(=O)n2c1C(=O)NC21CCN(CC(F)(F)F)CC1. The van der Waals surface area contributed by atoms with E-state index < -0.39 is 29.9 Å². The number of aryl methyl sites for hydroxylation is 1. The summed E-state index contributed by atoms with van der Waals surface area (Å²) in [5.74, 6) is 0.203. The van der Waals surface area contributed by atoms with Crippen molar-refractivity contribution >= 4 is 23.2 Å². The number of hydrogen-bond donors (Lipinski definition) is 2. The summed E-state index contributed by atoms with van der Waals surface area (Å²) in [6, 6.07) is 1.57. The number of anilines is 2. The lowest BCUT2D eigenvalue weighted by molar-refractivity contribution is -0.150. The van der Waals surface area contributed by atoms with Crippen LogP contribution in [0, 0.1) is 19.8 Å². The van der Waals surface area contributed by atoms with Gasteiger partial charge in [-0.3, -0.25) is 23.9 Å². The van der Waals surface area contributed by atoms with Crippen molar-refractivity contribution in [3.63, 3.8) is 0 Å². The number of rotatable bonds is 6. The lowest BCUT2D eigenvalue weighted by atomic mass is 9.96. The normalized spacial score (nSPS) is 19.3. The molecule has 3 aliphatic rings. The van der Waals surface area contributed by atoms with Crippen LogP contribution in [0.2, 0.25) is 0 Å². The Balaban J connectivity index is 1.45. The Hall–Kier alpha value is -3.28. The maximum atomic E-state index is 13.6. The summed E-state index contributed by atoms with van der Waals surface area (Å²) in [6.45, 7) is 2.63. The molecule has 1 amide bonds. The predicted octanol–water partition coefficient (Wildman–Crippen LogP) is 2.57. The van der Waals surface area contributed by atoms with Gasteiger partial charge in [0.1, 0.15) is 35.0 Å². The summed E-state index contributed by atoms with van der Waals surface area (Å²) in [5, 5.41) is 5.93. The van der Waals surface area contributed by atoms with Crippen LogP contribution in [0.5, 0.6) is 0 Å². The maximum absolute atomic E-state index is 13.6. The molecule has 9 nitrogen and oxygen atoms in total. The molecule has 1 saturated heterocycles. The average Bonchev–Trinajstić information content (AvgIpc) is 3.60. The maximum Gasteiger partial charge on any atom is 0.401 e. The van der Waals surface area contributed by atoms with Gasteiger partial charge in [0.2, 0.25) is 0 Å². The first-order valence-electron chi connectivity index (χ1n) is 12.0. The summed E-state index contributed by atoms with van der Waals surface area (Å²) in [6.07, 6.45) is -0.626. The zero-order valence-corrected chi connectivity index (χ0v) is 20.0. The molecule has 192 valence electrons. The van der Waals surface area contributed by atoms with Gasteiger partial charge in [-0.2, -0.15) is 13.2 Å². The highest BCUT2D eigenvalue weighted by molar-refractivity contribution is 5.97. The summed E-state index contributed by atoms with van der Waals surface area (Å²) >= 11 is 0. The highest BCUT2D eigenvalue weighted by Gasteiger charge is 2.47. The molecular weight excluding hydrogens is 477 g/mol. The first-order valence-corrected chi connectivity index (χ1v) is 12.0. The van der Waals surface area contributed by atoms with Crippen molar-refractivity contribution in [2.45, 2.75) is 57.8 Å². The van der Waals surface area contributed by atoms with Gasteiger partial charge in [0.05, 0.1) is 12.2 Å². The zero-order chi connectivity index (χ0) is 25.8. The monoisotopic (exact) mass is 504 g/mol. The molecule has 36 heavy (non-hydrogen) atoms. The Bertz CT molecular complexity index is 1290. The van der Waals surface area contributed by atoms with E-state index in [-0.39, 0.29) is 55.4 Å². The molecule has 0 unspecified atom stereocenters. The molecular formula is C24H27F3N6O3. The number of piperidine rings is 1. The molecule has 0 atom stereocenters. The van der Waals surface area contributed by atoms with Crippen LogP contribution in [0.15, 0.2) is 17.2 Å². The van der Waals surface area contributed by atoms with Crippen molar-refractivity contribution in [3.8, 4) is 0 Å². The molecule has 2 aliphatic heterocycles. The molecule has 2 N–H and O–H groups in total. The van der Waals surface area contributed by atoms with Crippen molar-refractivity contribution < 1.29 is 22.8 Å². The Morgan fingerprint density at radius 1 is 1.19 bits per heavy atom. The Kier molecular flexibility index (Phi) is 5.89. The number of nitrogens with one attached hydrogen (secondary N) is 2. The number of fused-ring (bicyclic) bond motifs is 2. The van der Waals surface area contributed by atoms with Gasteiger partial charge in [0.15, 0.2) is 0 Å². The van der Waals surface area contributed by atoms with Gasteiger partial charge in [-0.15, -0.1) is 0 Å². The molecule has 2 aromatic rings. The quantitative estimate of drug-likeness (QED) is 0.622. The average molecular weight is 505 g/mol. The van der Waals surface area contributed by atoms with Crippen LogP contribution in [0.1, 0.15) is 53.0 Å². The number of hydrogen-bond acceptors (Lipinski definition) is 7. The van der Waals surface area contributed by atoms with Gasteiger partial charge in [-0.25, -0.2) is 9.97 Å². The number of aromatic nitrogens is 3. The molecule has 0 bridgehead atoms. The van der Waals surface area contributed by atoms with Crippen LogP contribution < -0.4 is 16.2 Å². The van der Waals surface area contributed by atoms with E-state index in [9.17, 15) is 27.6 Å². The summed E-state index contributed by atoms with van der Waals surface area (Å²) in [5.41, 5.74) is 0.644. The van der Waals surface area contributed by atoms with Crippen LogP contribution in [-0.2, 0) is 16.9 Å². The fraction of sp³-hybridized carbons (Fsp3) is 0.542. The molecule has 1 aliphatic carbocycles. The standard InChI is InChI=1S/C24H27F3N6O3/c1-13-9-17(30-20-14(2)16(28-12-29-20)10-18(34)15-3-4-15)22(36)33-19(13)21(35)31-23(33)5-7-32(8-6-23)11-24(25,26)27/h9,12,15H,3-8,10-11H2,1-2H3,(H,31,35)(H,28,29,30). The molecule has 2 aromatic heterocycles. The van der Waals surface area contributed by atoms with E-state index in [0.717, 1.165) is 12.8 Å². The number of halogens is 3. The third kappa shape index (κ3) is 4.49. The van der Waals surface area contributed by atoms with Crippen LogP contribution in [-0.4, -0.2) is 56.9 Å². The lowest BCUT2D eigenvalue weighted by Gasteiger charge is -2.40. The smallest absolute Gasteiger partial charge is 0.335 e. The van der Waals surface area contributed by atoms with Crippen molar-refractivity contribution in [2.75, 3.05) is 25.0 Å². The van der Waals surface area contributed by atoms with E-state index in [2.05, 4.69) is 20.6 Å². The second-order valence-electron chi connectivity index (χ2n) is 9.94.